The first-order chi connectivity index (χ1) is 8.48. The van der Waals surface area contributed by atoms with E-state index in [9.17, 15) is 4.79 Å². The van der Waals surface area contributed by atoms with E-state index in [4.69, 9.17) is 10.5 Å². The Balaban J connectivity index is 2.55. The second kappa shape index (κ2) is 6.50. The Hall–Kier alpha value is -0.650. The molecular formula is C13H27N3O2. The van der Waals surface area contributed by atoms with Crippen molar-refractivity contribution in [3.05, 3.63) is 0 Å². The van der Waals surface area contributed by atoms with Crippen LogP contribution in [0.5, 0.6) is 0 Å². The molecule has 5 heteroatoms. The van der Waals surface area contributed by atoms with Gasteiger partial charge in [-0.1, -0.05) is 6.92 Å². The van der Waals surface area contributed by atoms with E-state index in [1.807, 2.05) is 18.7 Å². The number of rotatable bonds is 5. The monoisotopic (exact) mass is 257 g/mol. The molecule has 0 bridgehead atoms. The summed E-state index contributed by atoms with van der Waals surface area (Å²) in [5.74, 6) is 0.104. The SMILES string of the molecule is CCC(C)(OC)C(=O)N1CCN(C(C)CN)CC1. The van der Waals surface area contributed by atoms with Crippen LogP contribution in [0.4, 0.5) is 0 Å². The molecule has 0 radical (unpaired) electrons. The first kappa shape index (κ1) is 15.4. The number of piperazine rings is 1. The molecule has 1 fully saturated rings. The van der Waals surface area contributed by atoms with Gasteiger partial charge in [-0.25, -0.2) is 0 Å². The van der Waals surface area contributed by atoms with Crippen molar-refractivity contribution in [2.75, 3.05) is 39.8 Å². The minimum Gasteiger partial charge on any atom is -0.369 e. The number of nitrogens with two attached hydrogens (primary N) is 1. The van der Waals surface area contributed by atoms with Gasteiger partial charge < -0.3 is 15.4 Å². The van der Waals surface area contributed by atoms with E-state index >= 15 is 0 Å². The third kappa shape index (κ3) is 3.22. The highest BCUT2D eigenvalue weighted by molar-refractivity contribution is 5.84. The van der Waals surface area contributed by atoms with Crippen LogP contribution in [0.25, 0.3) is 0 Å². The molecule has 2 N–H and O–H groups in total. The summed E-state index contributed by atoms with van der Waals surface area (Å²) in [5, 5.41) is 0. The van der Waals surface area contributed by atoms with Crippen LogP contribution >= 0.6 is 0 Å². The maximum Gasteiger partial charge on any atom is 0.254 e. The molecule has 0 aromatic rings. The molecule has 0 aromatic heterocycles. The van der Waals surface area contributed by atoms with Gasteiger partial charge in [-0.3, -0.25) is 9.69 Å². The van der Waals surface area contributed by atoms with Crippen LogP contribution in [0, 0.1) is 0 Å². The van der Waals surface area contributed by atoms with E-state index in [0.29, 0.717) is 19.0 Å². The van der Waals surface area contributed by atoms with Gasteiger partial charge in [-0.15, -0.1) is 0 Å². The number of hydrogen-bond acceptors (Lipinski definition) is 4. The Morgan fingerprint density at radius 2 is 1.94 bits per heavy atom. The van der Waals surface area contributed by atoms with Gasteiger partial charge in [0.1, 0.15) is 5.60 Å². The lowest BCUT2D eigenvalue weighted by atomic mass is 10.0. The maximum atomic E-state index is 12.4. The highest BCUT2D eigenvalue weighted by Gasteiger charge is 2.36. The van der Waals surface area contributed by atoms with E-state index < -0.39 is 5.60 Å². The zero-order valence-corrected chi connectivity index (χ0v) is 12.1. The fourth-order valence-corrected chi connectivity index (χ4v) is 2.23. The number of nitrogens with zero attached hydrogens (tertiary/aromatic N) is 2. The van der Waals surface area contributed by atoms with Gasteiger partial charge in [0.25, 0.3) is 5.91 Å². The van der Waals surface area contributed by atoms with Gasteiger partial charge in [0, 0.05) is 45.9 Å². The summed E-state index contributed by atoms with van der Waals surface area (Å²) in [5.41, 5.74) is 4.99. The van der Waals surface area contributed by atoms with E-state index in [2.05, 4.69) is 11.8 Å². The highest BCUT2D eigenvalue weighted by Crippen LogP contribution is 2.19. The summed E-state index contributed by atoms with van der Waals surface area (Å²) in [6, 6.07) is 0.391. The van der Waals surface area contributed by atoms with Crippen LogP contribution < -0.4 is 5.73 Å². The highest BCUT2D eigenvalue weighted by atomic mass is 16.5. The fourth-order valence-electron chi connectivity index (χ4n) is 2.23. The molecule has 1 amide bonds. The van der Waals surface area contributed by atoms with Crippen molar-refractivity contribution in [2.24, 2.45) is 5.73 Å². The summed E-state index contributed by atoms with van der Waals surface area (Å²) in [7, 11) is 1.61. The van der Waals surface area contributed by atoms with Crippen molar-refractivity contribution in [3.63, 3.8) is 0 Å². The zero-order valence-electron chi connectivity index (χ0n) is 12.1. The lowest BCUT2D eigenvalue weighted by Crippen LogP contribution is -2.57. The molecule has 0 aromatic carbocycles. The molecular weight excluding hydrogens is 230 g/mol. The fraction of sp³-hybridized carbons (Fsp3) is 0.923. The molecule has 1 saturated heterocycles. The van der Waals surface area contributed by atoms with Gasteiger partial charge in [0.15, 0.2) is 0 Å². The lowest BCUT2D eigenvalue weighted by molar-refractivity contribution is -0.155. The first-order valence-electron chi connectivity index (χ1n) is 6.77. The van der Waals surface area contributed by atoms with E-state index in [-0.39, 0.29) is 5.91 Å². The third-order valence-electron chi connectivity index (χ3n) is 4.14. The number of carbonyl (C=O) groups is 1. The molecule has 0 aliphatic carbocycles. The minimum atomic E-state index is -0.679. The van der Waals surface area contributed by atoms with Crippen molar-refractivity contribution in [1.82, 2.24) is 9.80 Å². The molecule has 1 aliphatic heterocycles. The van der Waals surface area contributed by atoms with Crippen molar-refractivity contribution in [3.8, 4) is 0 Å². The molecule has 0 spiro atoms. The Morgan fingerprint density at radius 1 is 1.39 bits per heavy atom. The van der Waals surface area contributed by atoms with Gasteiger partial charge in [-0.05, 0) is 20.3 Å². The molecule has 106 valence electrons. The quantitative estimate of drug-likeness (QED) is 0.769. The number of ether oxygens (including phenoxy) is 1. The van der Waals surface area contributed by atoms with Crippen molar-refractivity contribution < 1.29 is 9.53 Å². The summed E-state index contributed by atoms with van der Waals surface area (Å²) in [4.78, 5) is 16.6. The standard InChI is InChI=1S/C13H27N3O2/c1-5-13(3,18-4)12(17)16-8-6-15(7-9-16)11(2)10-14/h11H,5-10,14H2,1-4H3. The predicted molar refractivity (Wildman–Crippen MR) is 72.4 cm³/mol. The largest absolute Gasteiger partial charge is 0.369 e. The smallest absolute Gasteiger partial charge is 0.254 e. The number of methoxy groups -OCH3 is 1. The van der Waals surface area contributed by atoms with Crippen LogP contribution in [0.1, 0.15) is 27.2 Å². The van der Waals surface area contributed by atoms with Crippen molar-refractivity contribution in [1.29, 1.82) is 0 Å². The predicted octanol–water partition coefficient (Wildman–Crippen LogP) is 0.293. The Morgan fingerprint density at radius 3 is 2.33 bits per heavy atom. The second-order valence-electron chi connectivity index (χ2n) is 5.20. The minimum absolute atomic E-state index is 0.104. The van der Waals surface area contributed by atoms with Gasteiger partial charge in [0.2, 0.25) is 0 Å². The van der Waals surface area contributed by atoms with Crippen LogP contribution in [0.15, 0.2) is 0 Å². The van der Waals surface area contributed by atoms with E-state index in [0.717, 1.165) is 26.2 Å². The van der Waals surface area contributed by atoms with Crippen LogP contribution in [-0.4, -0.2) is 67.2 Å². The Bertz CT molecular complexity index is 271. The molecule has 0 saturated carbocycles. The summed E-state index contributed by atoms with van der Waals surface area (Å²) in [6.07, 6.45) is 0.696. The third-order valence-corrected chi connectivity index (χ3v) is 4.14. The van der Waals surface area contributed by atoms with Crippen molar-refractivity contribution >= 4 is 5.91 Å². The molecule has 1 aliphatic rings. The second-order valence-corrected chi connectivity index (χ2v) is 5.20. The van der Waals surface area contributed by atoms with E-state index in [1.165, 1.54) is 0 Å². The van der Waals surface area contributed by atoms with Crippen LogP contribution in [0.2, 0.25) is 0 Å². The van der Waals surface area contributed by atoms with E-state index in [1.54, 1.807) is 7.11 Å². The van der Waals surface area contributed by atoms with Gasteiger partial charge in [-0.2, -0.15) is 0 Å². The molecule has 5 nitrogen and oxygen atoms in total. The Labute approximate surface area is 110 Å². The molecule has 2 atom stereocenters. The molecule has 18 heavy (non-hydrogen) atoms. The molecule has 1 rings (SSSR count). The normalized spacial score (nSPS) is 22.6. The summed E-state index contributed by atoms with van der Waals surface area (Å²) in [6.45, 7) is 9.96. The van der Waals surface area contributed by atoms with Gasteiger partial charge >= 0.3 is 0 Å². The number of amides is 1. The topological polar surface area (TPSA) is 58.8 Å². The molecule has 1 heterocycles. The van der Waals surface area contributed by atoms with Crippen LogP contribution in [0.3, 0.4) is 0 Å². The van der Waals surface area contributed by atoms with Crippen molar-refractivity contribution in [2.45, 2.75) is 38.8 Å². The Kier molecular flexibility index (Phi) is 5.56. The average molecular weight is 257 g/mol. The number of carbonyl (C=O) groups excluding carboxylic acids is 1. The van der Waals surface area contributed by atoms with Crippen LogP contribution in [-0.2, 0) is 9.53 Å². The summed E-state index contributed by atoms with van der Waals surface area (Å²) < 4.78 is 5.37. The lowest BCUT2D eigenvalue weighted by Gasteiger charge is -2.40. The maximum absolute atomic E-state index is 12.4. The van der Waals surface area contributed by atoms with Gasteiger partial charge in [0.05, 0.1) is 0 Å². The first-order valence-corrected chi connectivity index (χ1v) is 6.77. The number of hydrogen-bond donors (Lipinski definition) is 1. The zero-order chi connectivity index (χ0) is 13.8. The average Bonchev–Trinajstić information content (AvgIpc) is 2.44. The summed E-state index contributed by atoms with van der Waals surface area (Å²) >= 11 is 0. The molecule has 2 unspecified atom stereocenters.